The Labute approximate surface area is 171 Å². The number of piperidine rings is 1. The standard InChI is InChI=1S/C20H25N3O3S2/c1-2-28(25)16-4-3-15(22-13-16)12-23-19(24)17-11-14-5-10-26-20(18(14)27-17)6-8-21-9-7-20/h3-4,11,13,21H,2,5-10,12H2,1H3,(H,23,24). The van der Waals surface area contributed by atoms with E-state index >= 15 is 0 Å². The molecule has 0 bridgehead atoms. The van der Waals surface area contributed by atoms with Crippen molar-refractivity contribution in [2.75, 3.05) is 25.4 Å². The zero-order chi connectivity index (χ0) is 19.6. The molecule has 2 aliphatic rings. The van der Waals surface area contributed by atoms with E-state index in [2.05, 4.69) is 15.6 Å². The number of ether oxygens (including phenoxy) is 1. The van der Waals surface area contributed by atoms with Gasteiger partial charge in [-0.3, -0.25) is 14.0 Å². The van der Waals surface area contributed by atoms with Gasteiger partial charge in [0.25, 0.3) is 5.91 Å². The molecule has 1 spiro atoms. The molecule has 0 radical (unpaired) electrons. The van der Waals surface area contributed by atoms with Gasteiger partial charge >= 0.3 is 0 Å². The Morgan fingerprint density at radius 3 is 2.93 bits per heavy atom. The Morgan fingerprint density at radius 1 is 1.39 bits per heavy atom. The third-order valence-corrected chi connectivity index (χ3v) is 8.01. The Morgan fingerprint density at radius 2 is 2.21 bits per heavy atom. The van der Waals surface area contributed by atoms with E-state index in [9.17, 15) is 9.00 Å². The number of carbonyl (C=O) groups excluding carboxylic acids is 1. The number of nitrogens with zero attached hydrogens (tertiary/aromatic N) is 1. The Bertz CT molecular complexity index is 873. The lowest BCUT2D eigenvalue weighted by atomic mass is 9.86. The van der Waals surface area contributed by atoms with Crippen LogP contribution in [0.2, 0.25) is 0 Å². The average Bonchev–Trinajstić information content (AvgIpc) is 3.19. The lowest BCUT2D eigenvalue weighted by Gasteiger charge is -2.40. The van der Waals surface area contributed by atoms with Gasteiger partial charge in [0.2, 0.25) is 0 Å². The van der Waals surface area contributed by atoms with Crippen molar-refractivity contribution in [1.82, 2.24) is 15.6 Å². The number of aromatic nitrogens is 1. The maximum Gasteiger partial charge on any atom is 0.261 e. The molecule has 28 heavy (non-hydrogen) atoms. The lowest BCUT2D eigenvalue weighted by Crippen LogP contribution is -2.43. The molecule has 4 rings (SSSR count). The molecule has 1 saturated heterocycles. The highest BCUT2D eigenvalue weighted by Crippen LogP contribution is 2.44. The molecule has 1 atom stereocenters. The minimum absolute atomic E-state index is 0.0773. The van der Waals surface area contributed by atoms with E-state index in [0.717, 1.165) is 54.4 Å². The molecule has 150 valence electrons. The molecule has 2 aliphatic heterocycles. The van der Waals surface area contributed by atoms with Crippen LogP contribution < -0.4 is 10.6 Å². The summed E-state index contributed by atoms with van der Waals surface area (Å²) in [5, 5.41) is 6.35. The first kappa shape index (κ1) is 19.7. The van der Waals surface area contributed by atoms with Crippen molar-refractivity contribution in [2.45, 2.75) is 43.2 Å². The molecule has 0 aliphatic carbocycles. The van der Waals surface area contributed by atoms with Gasteiger partial charge in [0.1, 0.15) is 5.60 Å². The van der Waals surface area contributed by atoms with Gasteiger partial charge in [0, 0.05) is 16.8 Å². The first-order valence-electron chi connectivity index (χ1n) is 9.71. The van der Waals surface area contributed by atoms with Crippen LogP contribution in [0.1, 0.15) is 45.6 Å². The number of thiophene rings is 1. The number of hydrogen-bond acceptors (Lipinski definition) is 6. The fourth-order valence-electron chi connectivity index (χ4n) is 3.81. The minimum Gasteiger partial charge on any atom is -0.369 e. The molecular formula is C20H25N3O3S2. The summed E-state index contributed by atoms with van der Waals surface area (Å²) >= 11 is 1.57. The first-order chi connectivity index (χ1) is 13.6. The summed E-state index contributed by atoms with van der Waals surface area (Å²) in [6.45, 7) is 4.85. The third kappa shape index (κ3) is 3.91. The minimum atomic E-state index is -1.01. The molecule has 0 saturated carbocycles. The van der Waals surface area contributed by atoms with Gasteiger partial charge in [0.15, 0.2) is 0 Å². The second-order valence-electron chi connectivity index (χ2n) is 7.11. The van der Waals surface area contributed by atoms with E-state index in [1.54, 1.807) is 17.5 Å². The van der Waals surface area contributed by atoms with Gasteiger partial charge in [-0.2, -0.15) is 0 Å². The monoisotopic (exact) mass is 419 g/mol. The van der Waals surface area contributed by atoms with Crippen LogP contribution in [0.15, 0.2) is 29.3 Å². The van der Waals surface area contributed by atoms with Crippen LogP contribution in [0.3, 0.4) is 0 Å². The van der Waals surface area contributed by atoms with Crippen LogP contribution in [-0.4, -0.2) is 40.5 Å². The molecule has 2 N–H and O–H groups in total. The largest absolute Gasteiger partial charge is 0.369 e. The molecule has 1 unspecified atom stereocenters. The molecule has 8 heteroatoms. The average molecular weight is 420 g/mol. The zero-order valence-electron chi connectivity index (χ0n) is 16.0. The van der Waals surface area contributed by atoms with Crippen molar-refractivity contribution >= 4 is 28.0 Å². The molecule has 6 nitrogen and oxygen atoms in total. The lowest BCUT2D eigenvalue weighted by molar-refractivity contribution is -0.0771. The van der Waals surface area contributed by atoms with Gasteiger partial charge in [-0.05, 0) is 56.1 Å². The van der Waals surface area contributed by atoms with E-state index in [1.807, 2.05) is 25.1 Å². The van der Waals surface area contributed by atoms with E-state index < -0.39 is 10.8 Å². The van der Waals surface area contributed by atoms with E-state index in [4.69, 9.17) is 4.74 Å². The Kier molecular flexibility index (Phi) is 5.91. The number of rotatable bonds is 5. The summed E-state index contributed by atoms with van der Waals surface area (Å²) in [5.41, 5.74) is 1.80. The highest BCUT2D eigenvalue weighted by molar-refractivity contribution is 7.85. The number of pyridine rings is 1. The van der Waals surface area contributed by atoms with Crippen LogP contribution >= 0.6 is 11.3 Å². The second kappa shape index (κ2) is 8.41. The predicted molar refractivity (Wildman–Crippen MR) is 110 cm³/mol. The molecule has 4 heterocycles. The smallest absolute Gasteiger partial charge is 0.261 e. The van der Waals surface area contributed by atoms with Gasteiger partial charge in [-0.25, -0.2) is 0 Å². The van der Waals surface area contributed by atoms with Crippen LogP contribution in [-0.2, 0) is 34.1 Å². The van der Waals surface area contributed by atoms with Crippen molar-refractivity contribution in [2.24, 2.45) is 0 Å². The zero-order valence-corrected chi connectivity index (χ0v) is 17.6. The molecule has 0 aromatic carbocycles. The van der Waals surface area contributed by atoms with Crippen LogP contribution in [0, 0.1) is 0 Å². The summed E-state index contributed by atoms with van der Waals surface area (Å²) < 4.78 is 18.0. The number of fused-ring (bicyclic) bond motifs is 2. The van der Waals surface area contributed by atoms with Gasteiger partial charge in [-0.1, -0.05) is 6.92 Å². The Balaban J connectivity index is 1.44. The van der Waals surface area contributed by atoms with Crippen molar-refractivity contribution < 1.29 is 13.7 Å². The quantitative estimate of drug-likeness (QED) is 0.778. The van der Waals surface area contributed by atoms with Crippen LogP contribution in [0.25, 0.3) is 0 Å². The SMILES string of the molecule is CCS(=O)c1ccc(CNC(=O)c2cc3c(s2)C2(CCNCC2)OCC3)nc1. The van der Waals surface area contributed by atoms with Gasteiger partial charge in [0.05, 0.1) is 39.4 Å². The van der Waals surface area contributed by atoms with Crippen molar-refractivity contribution in [3.05, 3.63) is 45.4 Å². The maximum atomic E-state index is 12.7. The number of amides is 1. The van der Waals surface area contributed by atoms with Crippen molar-refractivity contribution in [3.8, 4) is 0 Å². The number of carbonyl (C=O) groups is 1. The number of hydrogen-bond donors (Lipinski definition) is 2. The van der Waals surface area contributed by atoms with E-state index in [-0.39, 0.29) is 11.5 Å². The highest BCUT2D eigenvalue weighted by Gasteiger charge is 2.41. The van der Waals surface area contributed by atoms with Gasteiger partial charge in [-0.15, -0.1) is 11.3 Å². The second-order valence-corrected chi connectivity index (χ2v) is 9.90. The molecule has 1 amide bonds. The van der Waals surface area contributed by atoms with Crippen LogP contribution in [0.4, 0.5) is 0 Å². The fourth-order valence-corrected chi connectivity index (χ4v) is 5.86. The summed E-state index contributed by atoms with van der Waals surface area (Å²) in [6, 6.07) is 5.67. The summed E-state index contributed by atoms with van der Waals surface area (Å²) in [4.78, 5) is 19.7. The summed E-state index contributed by atoms with van der Waals surface area (Å²) in [5.74, 6) is 0.494. The predicted octanol–water partition coefficient (Wildman–Crippen LogP) is 2.35. The highest BCUT2D eigenvalue weighted by atomic mass is 32.2. The Hall–Kier alpha value is -1.61. The molecule has 2 aromatic rings. The van der Waals surface area contributed by atoms with Gasteiger partial charge < -0.3 is 15.4 Å². The van der Waals surface area contributed by atoms with Crippen molar-refractivity contribution in [1.29, 1.82) is 0 Å². The molecular weight excluding hydrogens is 394 g/mol. The van der Waals surface area contributed by atoms with E-state index in [0.29, 0.717) is 12.3 Å². The molecule has 1 fully saturated rings. The normalized spacial score (nSPS) is 19.2. The third-order valence-electron chi connectivity index (χ3n) is 5.36. The molecule has 2 aromatic heterocycles. The topological polar surface area (TPSA) is 80.3 Å². The fraction of sp³-hybridized carbons (Fsp3) is 0.500. The van der Waals surface area contributed by atoms with E-state index in [1.165, 1.54) is 10.4 Å². The summed E-state index contributed by atoms with van der Waals surface area (Å²) in [7, 11) is -1.01. The maximum absolute atomic E-state index is 12.7. The van der Waals surface area contributed by atoms with Crippen LogP contribution in [0.5, 0.6) is 0 Å². The number of nitrogens with one attached hydrogen (secondary N) is 2. The first-order valence-corrected chi connectivity index (χ1v) is 11.8. The van der Waals surface area contributed by atoms with Crippen molar-refractivity contribution in [3.63, 3.8) is 0 Å². The summed E-state index contributed by atoms with van der Waals surface area (Å²) in [6.07, 6.45) is 4.41.